The maximum Gasteiger partial charge on any atom is 0.147 e. The molecule has 2 nitrogen and oxygen atoms in total. The molecule has 0 fully saturated rings. The predicted octanol–water partition coefficient (Wildman–Crippen LogP) is 11.0. The molecule has 42 heavy (non-hydrogen) atoms. The number of aromatic nitrogens is 2. The summed E-state index contributed by atoms with van der Waals surface area (Å²) in [6.07, 6.45) is 0. The Kier molecular flexibility index (Phi) is 5.10. The van der Waals surface area contributed by atoms with Crippen LogP contribution in [0.2, 0.25) is 0 Å². The number of benzene rings is 7. The number of thiophene rings is 1. The first-order chi connectivity index (χ1) is 20.8. The second kappa shape index (κ2) is 9.13. The van der Waals surface area contributed by atoms with Crippen molar-refractivity contribution in [3.63, 3.8) is 0 Å². The van der Waals surface area contributed by atoms with Crippen molar-refractivity contribution < 1.29 is 0 Å². The molecule has 0 atom stereocenters. The molecule has 0 saturated carbocycles. The minimum atomic E-state index is 0.964. The summed E-state index contributed by atoms with van der Waals surface area (Å²) in [6.45, 7) is 0. The molecule has 2 heterocycles. The molecule has 7 aromatic carbocycles. The number of hydrogen-bond donors (Lipinski definition) is 0. The number of imidazole rings is 1. The number of rotatable bonds is 3. The highest BCUT2D eigenvalue weighted by Crippen LogP contribution is 2.44. The quantitative estimate of drug-likeness (QED) is 0.213. The zero-order valence-electron chi connectivity index (χ0n) is 22.7. The molecule has 0 saturated heterocycles. The van der Waals surface area contributed by atoms with E-state index >= 15 is 0 Å². The largest absolute Gasteiger partial charge is 0.291 e. The van der Waals surface area contributed by atoms with Gasteiger partial charge in [-0.15, -0.1) is 11.3 Å². The lowest BCUT2D eigenvalue weighted by molar-refractivity contribution is 1.11. The molecule has 0 aliphatic heterocycles. The van der Waals surface area contributed by atoms with Crippen molar-refractivity contribution in [2.75, 3.05) is 0 Å². The van der Waals surface area contributed by atoms with Crippen LogP contribution in [0.5, 0.6) is 0 Å². The van der Waals surface area contributed by atoms with Crippen LogP contribution in [0, 0.1) is 0 Å². The molecule has 0 aliphatic rings. The van der Waals surface area contributed by atoms with Gasteiger partial charge < -0.3 is 0 Å². The summed E-state index contributed by atoms with van der Waals surface area (Å²) >= 11 is 1.88. The molecule has 196 valence electrons. The van der Waals surface area contributed by atoms with Crippen molar-refractivity contribution in [2.45, 2.75) is 0 Å². The molecule has 0 bridgehead atoms. The normalized spacial score (nSPS) is 11.8. The van der Waals surface area contributed by atoms with E-state index in [2.05, 4.69) is 150 Å². The maximum absolute atomic E-state index is 5.40. The van der Waals surface area contributed by atoms with Crippen molar-refractivity contribution in [3.8, 4) is 28.2 Å². The Morgan fingerprint density at radius 1 is 0.452 bits per heavy atom. The smallest absolute Gasteiger partial charge is 0.147 e. The second-order valence-electron chi connectivity index (χ2n) is 10.8. The van der Waals surface area contributed by atoms with Crippen molar-refractivity contribution in [1.29, 1.82) is 0 Å². The fourth-order valence-electron chi connectivity index (χ4n) is 6.49. The van der Waals surface area contributed by atoms with E-state index in [0.717, 1.165) is 28.1 Å². The molecule has 9 aromatic rings. The first-order valence-corrected chi connectivity index (χ1v) is 15.1. The van der Waals surface area contributed by atoms with Crippen molar-refractivity contribution in [1.82, 2.24) is 9.55 Å². The summed E-state index contributed by atoms with van der Waals surface area (Å²) in [6, 6.07) is 52.3. The third-order valence-corrected chi connectivity index (χ3v) is 9.69. The molecule has 0 spiro atoms. The van der Waals surface area contributed by atoms with Gasteiger partial charge in [-0.2, -0.15) is 0 Å². The van der Waals surface area contributed by atoms with Crippen LogP contribution in [0.4, 0.5) is 0 Å². The lowest BCUT2D eigenvalue weighted by Gasteiger charge is -2.16. The summed E-state index contributed by atoms with van der Waals surface area (Å²) in [5.41, 5.74) is 6.78. The van der Waals surface area contributed by atoms with Gasteiger partial charge in [-0.25, -0.2) is 4.98 Å². The maximum atomic E-state index is 5.40. The molecular formula is C39H24N2S. The third kappa shape index (κ3) is 3.41. The van der Waals surface area contributed by atoms with Gasteiger partial charge in [0.05, 0.1) is 16.7 Å². The number of fused-ring (bicyclic) bond motifs is 8. The highest BCUT2D eigenvalue weighted by atomic mass is 32.1. The SMILES string of the molecule is c1ccc(-c2ccccc2-n2c(-c3cccc4c3sc3c5ccccc5ccc43)nc3ccc4ccccc4c32)cc1. The Bertz CT molecular complexity index is 2470. The summed E-state index contributed by atoms with van der Waals surface area (Å²) < 4.78 is 4.99. The average Bonchev–Trinajstić information content (AvgIpc) is 3.64. The van der Waals surface area contributed by atoms with E-state index in [1.54, 1.807) is 0 Å². The number of para-hydroxylation sites is 1. The van der Waals surface area contributed by atoms with Crippen LogP contribution in [0.25, 0.3) is 81.0 Å². The minimum absolute atomic E-state index is 0.964. The molecule has 0 N–H and O–H groups in total. The molecule has 0 aliphatic carbocycles. The highest BCUT2D eigenvalue weighted by Gasteiger charge is 2.22. The fourth-order valence-corrected chi connectivity index (χ4v) is 7.83. The van der Waals surface area contributed by atoms with Crippen molar-refractivity contribution in [2.24, 2.45) is 0 Å². The van der Waals surface area contributed by atoms with Crippen LogP contribution in [-0.4, -0.2) is 9.55 Å². The molecule has 3 heteroatoms. The van der Waals surface area contributed by atoms with Gasteiger partial charge in [0.2, 0.25) is 0 Å². The highest BCUT2D eigenvalue weighted by molar-refractivity contribution is 7.27. The van der Waals surface area contributed by atoms with Gasteiger partial charge in [-0.3, -0.25) is 4.57 Å². The van der Waals surface area contributed by atoms with E-state index in [1.165, 1.54) is 52.8 Å². The monoisotopic (exact) mass is 552 g/mol. The standard InChI is InChI=1S/C39H24N2S/c1-2-11-25(12-3-1)28-15-8-9-20-35(28)41-36-29-16-6-4-13-26(29)22-24-34(36)40-39(41)33-19-10-18-31-32-23-21-27-14-5-7-17-30(27)37(32)42-38(31)33/h1-24H. The van der Waals surface area contributed by atoms with Crippen LogP contribution in [0.3, 0.4) is 0 Å². The Morgan fingerprint density at radius 2 is 1.10 bits per heavy atom. The fraction of sp³-hybridized carbons (Fsp3) is 0. The Labute approximate surface area is 246 Å². The molecule has 0 radical (unpaired) electrons. The Morgan fingerprint density at radius 3 is 1.98 bits per heavy atom. The summed E-state index contributed by atoms with van der Waals surface area (Å²) in [5, 5.41) is 7.56. The van der Waals surface area contributed by atoms with Gasteiger partial charge in [0.15, 0.2) is 0 Å². The summed E-state index contributed by atoms with van der Waals surface area (Å²) in [4.78, 5) is 5.40. The van der Waals surface area contributed by atoms with Crippen LogP contribution in [-0.2, 0) is 0 Å². The van der Waals surface area contributed by atoms with E-state index < -0.39 is 0 Å². The van der Waals surface area contributed by atoms with Gasteiger partial charge >= 0.3 is 0 Å². The van der Waals surface area contributed by atoms with Gasteiger partial charge in [0.1, 0.15) is 5.82 Å². The number of nitrogens with zero attached hydrogens (tertiary/aromatic N) is 2. The van der Waals surface area contributed by atoms with E-state index in [0.29, 0.717) is 0 Å². The zero-order chi connectivity index (χ0) is 27.6. The summed E-state index contributed by atoms with van der Waals surface area (Å²) in [7, 11) is 0. The van der Waals surface area contributed by atoms with Crippen molar-refractivity contribution in [3.05, 3.63) is 146 Å². The number of hydrogen-bond acceptors (Lipinski definition) is 2. The van der Waals surface area contributed by atoms with Crippen LogP contribution >= 0.6 is 11.3 Å². The lowest BCUT2D eigenvalue weighted by atomic mass is 10.0. The van der Waals surface area contributed by atoms with Gasteiger partial charge in [-0.05, 0) is 39.9 Å². The first kappa shape index (κ1) is 23.5. The molecule has 2 aromatic heterocycles. The first-order valence-electron chi connectivity index (χ1n) is 14.2. The van der Waals surface area contributed by atoms with Gasteiger partial charge in [0, 0.05) is 36.7 Å². The van der Waals surface area contributed by atoms with E-state index in [9.17, 15) is 0 Å². The molecule has 9 rings (SSSR count). The second-order valence-corrected chi connectivity index (χ2v) is 11.8. The topological polar surface area (TPSA) is 17.8 Å². The Hall–Kier alpha value is -5.25. The van der Waals surface area contributed by atoms with Crippen LogP contribution in [0.1, 0.15) is 0 Å². The van der Waals surface area contributed by atoms with E-state index in [-0.39, 0.29) is 0 Å². The average molecular weight is 553 g/mol. The van der Waals surface area contributed by atoms with Crippen molar-refractivity contribution >= 4 is 64.1 Å². The van der Waals surface area contributed by atoms with Gasteiger partial charge in [0.25, 0.3) is 0 Å². The summed E-state index contributed by atoms with van der Waals surface area (Å²) in [5.74, 6) is 0.964. The van der Waals surface area contributed by atoms with Crippen LogP contribution in [0.15, 0.2) is 146 Å². The molecule has 0 amide bonds. The minimum Gasteiger partial charge on any atom is -0.291 e. The zero-order valence-corrected chi connectivity index (χ0v) is 23.5. The predicted molar refractivity (Wildman–Crippen MR) is 180 cm³/mol. The van der Waals surface area contributed by atoms with E-state index in [4.69, 9.17) is 4.98 Å². The Balaban J connectivity index is 1.43. The molecular weight excluding hydrogens is 529 g/mol. The van der Waals surface area contributed by atoms with Gasteiger partial charge in [-0.1, -0.05) is 127 Å². The van der Waals surface area contributed by atoms with E-state index in [1.807, 2.05) is 11.3 Å². The van der Waals surface area contributed by atoms with Crippen LogP contribution < -0.4 is 0 Å². The third-order valence-electron chi connectivity index (χ3n) is 8.40. The lowest BCUT2D eigenvalue weighted by Crippen LogP contribution is -2.00. The molecule has 0 unspecified atom stereocenters.